The van der Waals surface area contributed by atoms with Gasteiger partial charge >= 0.3 is 0 Å². The van der Waals surface area contributed by atoms with Crippen LogP contribution in [0.5, 0.6) is 5.75 Å². The molecule has 1 atom stereocenters. The molecule has 0 aliphatic rings. The Labute approximate surface area is 117 Å². The smallest absolute Gasteiger partial charge is 0.273 e. The van der Waals surface area contributed by atoms with Gasteiger partial charge in [-0.3, -0.25) is 15.0 Å². The van der Waals surface area contributed by atoms with Crippen LogP contribution in [0.15, 0.2) is 18.2 Å². The van der Waals surface area contributed by atoms with Crippen LogP contribution in [0.4, 0.5) is 5.69 Å². The summed E-state index contributed by atoms with van der Waals surface area (Å²) in [6.07, 6.45) is -0.592. The molecule has 1 aromatic rings. The molecular weight excluding hydrogens is 264 g/mol. The molecule has 0 saturated heterocycles. The minimum Gasteiger partial charge on any atom is -0.496 e. The molecule has 0 saturated carbocycles. The normalized spacial score (nSPS) is 12.4. The Hall–Kier alpha value is -1.70. The van der Waals surface area contributed by atoms with E-state index in [4.69, 9.17) is 9.47 Å². The number of aliphatic hydroxyl groups is 1. The minimum absolute atomic E-state index is 0.00908. The van der Waals surface area contributed by atoms with Crippen LogP contribution >= 0.6 is 0 Å². The van der Waals surface area contributed by atoms with Crippen LogP contribution in [0.25, 0.3) is 0 Å². The molecule has 0 aliphatic carbocycles. The lowest BCUT2D eigenvalue weighted by Crippen LogP contribution is -2.31. The summed E-state index contributed by atoms with van der Waals surface area (Å²) < 4.78 is 9.91. The molecule has 0 heterocycles. The fourth-order valence-electron chi connectivity index (χ4n) is 1.94. The van der Waals surface area contributed by atoms with Gasteiger partial charge in [0.1, 0.15) is 5.75 Å². The third-order valence-electron chi connectivity index (χ3n) is 2.73. The van der Waals surface area contributed by atoms with E-state index in [0.29, 0.717) is 18.8 Å². The highest BCUT2D eigenvalue weighted by Gasteiger charge is 2.13. The average molecular weight is 284 g/mol. The van der Waals surface area contributed by atoms with E-state index in [1.165, 1.54) is 26.4 Å². The summed E-state index contributed by atoms with van der Waals surface area (Å²) in [6.45, 7) is 1.14. The SMILES string of the molecule is COCC(O)CN(C)Cc1cc(OC)cc([N+](=O)[O-])c1. The van der Waals surface area contributed by atoms with Crippen LogP contribution in [0.3, 0.4) is 0 Å². The van der Waals surface area contributed by atoms with E-state index in [9.17, 15) is 15.2 Å². The topological polar surface area (TPSA) is 85.1 Å². The number of benzene rings is 1. The zero-order valence-electron chi connectivity index (χ0n) is 11.9. The van der Waals surface area contributed by atoms with E-state index in [0.717, 1.165) is 5.56 Å². The Morgan fingerprint density at radius 2 is 2.10 bits per heavy atom. The maximum atomic E-state index is 10.8. The van der Waals surface area contributed by atoms with Gasteiger partial charge < -0.3 is 14.6 Å². The summed E-state index contributed by atoms with van der Waals surface area (Å²) in [5.74, 6) is 0.444. The summed E-state index contributed by atoms with van der Waals surface area (Å²) in [5.41, 5.74) is 0.744. The highest BCUT2D eigenvalue weighted by molar-refractivity contribution is 5.42. The molecule has 1 aromatic carbocycles. The van der Waals surface area contributed by atoms with Gasteiger partial charge in [0.25, 0.3) is 5.69 Å². The Morgan fingerprint density at radius 3 is 2.65 bits per heavy atom. The first-order chi connectivity index (χ1) is 9.46. The van der Waals surface area contributed by atoms with Gasteiger partial charge in [-0.2, -0.15) is 0 Å². The second kappa shape index (κ2) is 7.78. The van der Waals surface area contributed by atoms with Crippen LogP contribution in [-0.4, -0.2) is 55.5 Å². The molecular formula is C13H20N2O5. The molecule has 0 aliphatic heterocycles. The molecule has 0 fully saturated rings. The highest BCUT2D eigenvalue weighted by atomic mass is 16.6. The summed E-state index contributed by atoms with van der Waals surface area (Å²) in [5, 5.41) is 20.5. The van der Waals surface area contributed by atoms with Crippen molar-refractivity contribution in [2.75, 3.05) is 34.4 Å². The van der Waals surface area contributed by atoms with Crippen molar-refractivity contribution >= 4 is 5.69 Å². The van der Waals surface area contributed by atoms with Crippen LogP contribution < -0.4 is 4.74 Å². The fourth-order valence-corrected chi connectivity index (χ4v) is 1.94. The van der Waals surface area contributed by atoms with Gasteiger partial charge in [0.05, 0.1) is 30.8 Å². The second-order valence-electron chi connectivity index (χ2n) is 4.60. The number of aliphatic hydroxyl groups excluding tert-OH is 1. The lowest BCUT2D eigenvalue weighted by atomic mass is 10.1. The number of hydrogen-bond donors (Lipinski definition) is 1. The summed E-state index contributed by atoms with van der Waals surface area (Å²) in [6, 6.07) is 4.62. The van der Waals surface area contributed by atoms with E-state index in [2.05, 4.69) is 0 Å². The predicted molar refractivity (Wildman–Crippen MR) is 73.9 cm³/mol. The molecule has 112 valence electrons. The van der Waals surface area contributed by atoms with Gasteiger partial charge in [0, 0.05) is 26.3 Å². The highest BCUT2D eigenvalue weighted by Crippen LogP contribution is 2.23. The first-order valence-electron chi connectivity index (χ1n) is 6.14. The molecule has 0 amide bonds. The van der Waals surface area contributed by atoms with Crippen LogP contribution in [0.2, 0.25) is 0 Å². The third kappa shape index (κ3) is 5.12. The number of non-ortho nitro benzene ring substituents is 1. The molecule has 0 spiro atoms. The Bertz CT molecular complexity index is 452. The Kier molecular flexibility index (Phi) is 6.37. The van der Waals surface area contributed by atoms with E-state index in [1.807, 2.05) is 11.9 Å². The monoisotopic (exact) mass is 284 g/mol. The van der Waals surface area contributed by atoms with Gasteiger partial charge in [-0.25, -0.2) is 0 Å². The van der Waals surface area contributed by atoms with Gasteiger partial charge in [-0.05, 0) is 18.7 Å². The van der Waals surface area contributed by atoms with Crippen molar-refractivity contribution in [2.45, 2.75) is 12.6 Å². The van der Waals surface area contributed by atoms with Gasteiger partial charge in [-0.15, -0.1) is 0 Å². The largest absolute Gasteiger partial charge is 0.496 e. The second-order valence-corrected chi connectivity index (χ2v) is 4.60. The van der Waals surface area contributed by atoms with Gasteiger partial charge in [-0.1, -0.05) is 0 Å². The van der Waals surface area contributed by atoms with E-state index in [-0.39, 0.29) is 12.3 Å². The number of nitro groups is 1. The third-order valence-corrected chi connectivity index (χ3v) is 2.73. The standard InChI is InChI=1S/C13H20N2O5/c1-14(8-12(16)9-19-2)7-10-4-11(15(17)18)6-13(5-10)20-3/h4-6,12,16H,7-9H2,1-3H3. The number of rotatable bonds is 8. The van der Waals surface area contributed by atoms with Gasteiger partial charge in [0.15, 0.2) is 0 Å². The number of methoxy groups -OCH3 is 2. The van der Waals surface area contributed by atoms with Crippen molar-refractivity contribution in [3.05, 3.63) is 33.9 Å². The first-order valence-corrected chi connectivity index (χ1v) is 6.14. The van der Waals surface area contributed by atoms with Crippen molar-refractivity contribution < 1.29 is 19.5 Å². The van der Waals surface area contributed by atoms with Crippen molar-refractivity contribution in [1.29, 1.82) is 0 Å². The van der Waals surface area contributed by atoms with Crippen molar-refractivity contribution in [2.24, 2.45) is 0 Å². The summed E-state index contributed by atoms with van der Waals surface area (Å²) >= 11 is 0. The summed E-state index contributed by atoms with van der Waals surface area (Å²) in [7, 11) is 4.81. The lowest BCUT2D eigenvalue weighted by Gasteiger charge is -2.20. The Morgan fingerprint density at radius 1 is 1.40 bits per heavy atom. The molecule has 1 N–H and O–H groups in total. The molecule has 7 nitrogen and oxygen atoms in total. The number of nitrogens with zero attached hydrogens (tertiary/aromatic N) is 2. The van der Waals surface area contributed by atoms with Crippen molar-refractivity contribution in [3.8, 4) is 5.75 Å². The zero-order chi connectivity index (χ0) is 15.1. The number of likely N-dealkylation sites (N-methyl/N-ethyl adjacent to an activating group) is 1. The molecule has 20 heavy (non-hydrogen) atoms. The average Bonchev–Trinajstić information content (AvgIpc) is 2.38. The van der Waals surface area contributed by atoms with Crippen LogP contribution in [0, 0.1) is 10.1 Å². The van der Waals surface area contributed by atoms with E-state index < -0.39 is 11.0 Å². The lowest BCUT2D eigenvalue weighted by molar-refractivity contribution is -0.385. The summed E-state index contributed by atoms with van der Waals surface area (Å²) in [4.78, 5) is 12.3. The van der Waals surface area contributed by atoms with Crippen LogP contribution in [0.1, 0.15) is 5.56 Å². The quantitative estimate of drug-likeness (QED) is 0.567. The zero-order valence-corrected chi connectivity index (χ0v) is 11.9. The van der Waals surface area contributed by atoms with Crippen molar-refractivity contribution in [1.82, 2.24) is 4.90 Å². The molecule has 0 bridgehead atoms. The number of ether oxygens (including phenoxy) is 2. The van der Waals surface area contributed by atoms with E-state index >= 15 is 0 Å². The number of hydrogen-bond acceptors (Lipinski definition) is 6. The maximum absolute atomic E-state index is 10.8. The molecule has 0 radical (unpaired) electrons. The Balaban J connectivity index is 2.75. The number of nitro benzene ring substituents is 1. The first kappa shape index (κ1) is 16.4. The minimum atomic E-state index is -0.592. The molecule has 1 unspecified atom stereocenters. The van der Waals surface area contributed by atoms with Crippen LogP contribution in [-0.2, 0) is 11.3 Å². The molecule has 1 rings (SSSR count). The molecule has 0 aromatic heterocycles. The molecule has 7 heteroatoms. The maximum Gasteiger partial charge on any atom is 0.273 e. The predicted octanol–water partition coefficient (Wildman–Crippen LogP) is 1.04. The van der Waals surface area contributed by atoms with E-state index in [1.54, 1.807) is 6.07 Å². The van der Waals surface area contributed by atoms with Crippen molar-refractivity contribution in [3.63, 3.8) is 0 Å². The van der Waals surface area contributed by atoms with Gasteiger partial charge in [0.2, 0.25) is 0 Å². The fraction of sp³-hybridized carbons (Fsp3) is 0.538.